The van der Waals surface area contributed by atoms with Crippen molar-refractivity contribution in [2.24, 2.45) is 5.41 Å². The number of nitrogens with zero attached hydrogens (tertiary/aromatic N) is 4. The van der Waals surface area contributed by atoms with Gasteiger partial charge in [-0.1, -0.05) is 0 Å². The molecule has 1 N–H and O–H groups in total. The predicted molar refractivity (Wildman–Crippen MR) is 92.4 cm³/mol. The Hall–Kier alpha value is -2.68. The molecule has 27 heavy (non-hydrogen) atoms. The number of piperidine rings is 1. The van der Waals surface area contributed by atoms with Crippen LogP contribution in [0, 0.1) is 5.41 Å². The van der Waals surface area contributed by atoms with Crippen LogP contribution in [0.5, 0.6) is 0 Å². The van der Waals surface area contributed by atoms with Gasteiger partial charge >= 0.3 is 5.97 Å². The van der Waals surface area contributed by atoms with Crippen molar-refractivity contribution < 1.29 is 23.5 Å². The maximum atomic E-state index is 11.8. The molecule has 0 aliphatic carbocycles. The van der Waals surface area contributed by atoms with Gasteiger partial charge in [-0.25, -0.2) is 4.79 Å². The standard InChI is InChI=1S/C18H22N4O5/c1-12(23)22-11-18(9-13(22)17(24)25)4-6-21(7-5-18)10-15-19-20-16(27-15)14-3-2-8-26-14/h2-3,8,13H,4-7,9-11H2,1H3,(H,24,25)/t13-/m1/s1. The van der Waals surface area contributed by atoms with Crippen LogP contribution in [0.25, 0.3) is 11.7 Å². The molecular weight excluding hydrogens is 352 g/mol. The molecule has 2 aliphatic rings. The summed E-state index contributed by atoms with van der Waals surface area (Å²) >= 11 is 0. The Bertz CT molecular complexity index is 799. The molecule has 0 bridgehead atoms. The molecular formula is C18H22N4O5. The van der Waals surface area contributed by atoms with E-state index in [2.05, 4.69) is 15.1 Å². The molecule has 1 amide bonds. The van der Waals surface area contributed by atoms with Gasteiger partial charge in [0, 0.05) is 13.5 Å². The highest BCUT2D eigenvalue weighted by molar-refractivity contribution is 5.83. The molecule has 2 aromatic rings. The zero-order valence-electron chi connectivity index (χ0n) is 15.1. The van der Waals surface area contributed by atoms with E-state index in [4.69, 9.17) is 8.83 Å². The first kappa shape index (κ1) is 17.7. The Kier molecular flexibility index (Phi) is 4.47. The van der Waals surface area contributed by atoms with Crippen molar-refractivity contribution in [2.45, 2.75) is 38.8 Å². The summed E-state index contributed by atoms with van der Waals surface area (Å²) in [6.45, 7) is 4.11. The van der Waals surface area contributed by atoms with Crippen LogP contribution >= 0.6 is 0 Å². The Morgan fingerprint density at radius 3 is 2.70 bits per heavy atom. The highest BCUT2D eigenvalue weighted by atomic mass is 16.4. The van der Waals surface area contributed by atoms with E-state index < -0.39 is 12.0 Å². The highest BCUT2D eigenvalue weighted by Gasteiger charge is 2.49. The third kappa shape index (κ3) is 3.46. The van der Waals surface area contributed by atoms with Gasteiger partial charge in [0.05, 0.1) is 12.8 Å². The van der Waals surface area contributed by atoms with Crippen LogP contribution in [0.1, 0.15) is 32.1 Å². The number of hydrogen-bond acceptors (Lipinski definition) is 7. The molecule has 0 aromatic carbocycles. The van der Waals surface area contributed by atoms with E-state index in [-0.39, 0.29) is 11.3 Å². The number of aromatic nitrogens is 2. The second-order valence-corrected chi connectivity index (χ2v) is 7.46. The van der Waals surface area contributed by atoms with Gasteiger partial charge < -0.3 is 18.8 Å². The average molecular weight is 374 g/mol. The van der Waals surface area contributed by atoms with E-state index in [1.165, 1.54) is 11.8 Å². The lowest BCUT2D eigenvalue weighted by atomic mass is 9.76. The fourth-order valence-corrected chi connectivity index (χ4v) is 4.16. The van der Waals surface area contributed by atoms with Crippen molar-refractivity contribution in [3.8, 4) is 11.7 Å². The summed E-state index contributed by atoms with van der Waals surface area (Å²) in [4.78, 5) is 27.0. The summed E-state index contributed by atoms with van der Waals surface area (Å²) in [5.41, 5.74) is -0.112. The first-order chi connectivity index (χ1) is 13.0. The SMILES string of the molecule is CC(=O)N1CC2(CCN(Cc3nnc(-c4ccco4)o3)CC2)C[C@@H]1C(=O)O. The summed E-state index contributed by atoms with van der Waals surface area (Å²) in [7, 11) is 0. The van der Waals surface area contributed by atoms with Crippen LogP contribution in [-0.4, -0.2) is 62.7 Å². The van der Waals surface area contributed by atoms with Gasteiger partial charge in [-0.05, 0) is 49.9 Å². The summed E-state index contributed by atoms with van der Waals surface area (Å²) in [5.74, 6) is 0.346. The quantitative estimate of drug-likeness (QED) is 0.859. The van der Waals surface area contributed by atoms with Gasteiger partial charge in [0.15, 0.2) is 5.76 Å². The lowest BCUT2D eigenvalue weighted by Gasteiger charge is -2.38. The van der Waals surface area contributed by atoms with Crippen molar-refractivity contribution in [2.75, 3.05) is 19.6 Å². The zero-order valence-corrected chi connectivity index (χ0v) is 15.1. The van der Waals surface area contributed by atoms with Gasteiger partial charge in [-0.15, -0.1) is 10.2 Å². The number of rotatable bonds is 4. The Morgan fingerprint density at radius 2 is 2.11 bits per heavy atom. The van der Waals surface area contributed by atoms with Gasteiger partial charge in [0.2, 0.25) is 11.8 Å². The second-order valence-electron chi connectivity index (χ2n) is 7.46. The van der Waals surface area contributed by atoms with Crippen LogP contribution in [0.2, 0.25) is 0 Å². The summed E-state index contributed by atoms with van der Waals surface area (Å²) in [5, 5.41) is 17.5. The molecule has 1 spiro atoms. The molecule has 2 saturated heterocycles. The van der Waals surface area contributed by atoms with Crippen molar-refractivity contribution >= 4 is 11.9 Å². The van der Waals surface area contributed by atoms with E-state index in [1.54, 1.807) is 18.4 Å². The van der Waals surface area contributed by atoms with Gasteiger partial charge in [0.25, 0.3) is 5.89 Å². The largest absolute Gasteiger partial charge is 0.480 e. The van der Waals surface area contributed by atoms with Crippen molar-refractivity contribution in [3.05, 3.63) is 24.3 Å². The minimum Gasteiger partial charge on any atom is -0.480 e. The molecule has 9 nitrogen and oxygen atoms in total. The Balaban J connectivity index is 1.37. The number of aliphatic carboxylic acids is 1. The second kappa shape index (κ2) is 6.80. The molecule has 2 aliphatic heterocycles. The number of furan rings is 1. The fraction of sp³-hybridized carbons (Fsp3) is 0.556. The van der Waals surface area contributed by atoms with E-state index in [0.29, 0.717) is 37.1 Å². The van der Waals surface area contributed by atoms with Crippen molar-refractivity contribution in [1.82, 2.24) is 20.0 Å². The molecule has 9 heteroatoms. The number of carbonyl (C=O) groups excluding carboxylic acids is 1. The van der Waals surface area contributed by atoms with Gasteiger partial charge in [-0.3, -0.25) is 9.69 Å². The lowest BCUT2D eigenvalue weighted by Crippen LogP contribution is -2.42. The molecule has 0 unspecified atom stereocenters. The number of likely N-dealkylation sites (tertiary alicyclic amines) is 2. The third-order valence-electron chi connectivity index (χ3n) is 5.67. The fourth-order valence-electron chi connectivity index (χ4n) is 4.16. The molecule has 2 fully saturated rings. The Morgan fingerprint density at radius 1 is 1.33 bits per heavy atom. The maximum Gasteiger partial charge on any atom is 0.326 e. The first-order valence-corrected chi connectivity index (χ1v) is 9.04. The zero-order chi connectivity index (χ0) is 19.0. The molecule has 4 rings (SSSR count). The number of carbonyl (C=O) groups is 2. The summed E-state index contributed by atoms with van der Waals surface area (Å²) < 4.78 is 10.9. The van der Waals surface area contributed by atoms with Crippen LogP contribution in [0.15, 0.2) is 27.2 Å². The number of carboxylic acids is 1. The van der Waals surface area contributed by atoms with Crippen LogP contribution < -0.4 is 0 Å². The topological polar surface area (TPSA) is 113 Å². The number of hydrogen-bond donors (Lipinski definition) is 1. The first-order valence-electron chi connectivity index (χ1n) is 9.04. The normalized spacial score (nSPS) is 22.4. The molecule has 2 aromatic heterocycles. The molecule has 0 radical (unpaired) electrons. The molecule has 0 saturated carbocycles. The minimum atomic E-state index is -0.916. The van der Waals surface area contributed by atoms with E-state index in [9.17, 15) is 14.7 Å². The Labute approximate surface area is 155 Å². The maximum absolute atomic E-state index is 11.8. The molecule has 1 atom stereocenters. The van der Waals surface area contributed by atoms with E-state index in [0.717, 1.165) is 25.9 Å². The summed E-state index contributed by atoms with van der Waals surface area (Å²) in [6, 6.07) is 2.82. The van der Waals surface area contributed by atoms with Gasteiger partial charge in [-0.2, -0.15) is 0 Å². The van der Waals surface area contributed by atoms with Crippen LogP contribution in [-0.2, 0) is 16.1 Å². The summed E-state index contributed by atoms with van der Waals surface area (Å²) in [6.07, 6.45) is 3.78. The minimum absolute atomic E-state index is 0.112. The lowest BCUT2D eigenvalue weighted by molar-refractivity contribution is -0.147. The average Bonchev–Trinajstić information content (AvgIpc) is 3.36. The highest BCUT2D eigenvalue weighted by Crippen LogP contribution is 2.43. The van der Waals surface area contributed by atoms with Crippen LogP contribution in [0.4, 0.5) is 0 Å². The van der Waals surface area contributed by atoms with Crippen molar-refractivity contribution in [3.63, 3.8) is 0 Å². The molecule has 4 heterocycles. The predicted octanol–water partition coefficient (Wildman–Crippen LogP) is 1.62. The number of carboxylic acid groups (broad SMARTS) is 1. The van der Waals surface area contributed by atoms with E-state index >= 15 is 0 Å². The smallest absolute Gasteiger partial charge is 0.326 e. The van der Waals surface area contributed by atoms with Gasteiger partial charge in [0.1, 0.15) is 6.04 Å². The van der Waals surface area contributed by atoms with Crippen molar-refractivity contribution in [1.29, 1.82) is 0 Å². The number of amides is 1. The van der Waals surface area contributed by atoms with Crippen LogP contribution in [0.3, 0.4) is 0 Å². The third-order valence-corrected chi connectivity index (χ3v) is 5.67. The van der Waals surface area contributed by atoms with E-state index in [1.807, 2.05) is 0 Å². The monoisotopic (exact) mass is 374 g/mol. The molecule has 144 valence electrons.